The topological polar surface area (TPSA) is 41.6 Å². The summed E-state index contributed by atoms with van der Waals surface area (Å²) in [5, 5.41) is 3.17. The number of carbonyl (C=O) groups excluding carboxylic acids is 1. The number of rotatable bonds is 4. The minimum atomic E-state index is -0.125. The summed E-state index contributed by atoms with van der Waals surface area (Å²) in [4.78, 5) is 14.2. The Morgan fingerprint density at radius 1 is 1.47 bits per heavy atom. The van der Waals surface area contributed by atoms with E-state index in [2.05, 4.69) is 26.1 Å². The van der Waals surface area contributed by atoms with Gasteiger partial charge in [0.05, 0.1) is 5.60 Å². The molecular weight excluding hydrogens is 216 g/mol. The third kappa shape index (κ3) is 2.63. The molecule has 0 aromatic rings. The molecule has 98 valence electrons. The Bertz CT molecular complexity index is 289. The monoisotopic (exact) mass is 240 g/mol. The van der Waals surface area contributed by atoms with E-state index in [-0.39, 0.29) is 18.1 Å². The molecule has 0 aromatic heterocycles. The molecule has 1 amide bonds. The molecule has 2 rings (SSSR count). The molecule has 2 saturated heterocycles. The standard InChI is InChI=1S/C13H24N2O2/c1-4-11-6-5-10(2)15(11)12(16)7-17-13(3)8-14-9-13/h10-11,14H,4-9H2,1-3H3. The van der Waals surface area contributed by atoms with Crippen LogP contribution >= 0.6 is 0 Å². The van der Waals surface area contributed by atoms with Crippen LogP contribution in [0.2, 0.25) is 0 Å². The third-order valence-corrected chi connectivity index (χ3v) is 4.09. The van der Waals surface area contributed by atoms with Crippen LogP contribution in [0, 0.1) is 0 Å². The summed E-state index contributed by atoms with van der Waals surface area (Å²) in [6.07, 6.45) is 3.32. The maximum absolute atomic E-state index is 12.2. The molecule has 0 aromatic carbocycles. The predicted octanol–water partition coefficient (Wildman–Crippen LogP) is 1.15. The van der Waals surface area contributed by atoms with E-state index >= 15 is 0 Å². The minimum absolute atomic E-state index is 0.125. The fourth-order valence-corrected chi connectivity index (χ4v) is 2.81. The highest BCUT2D eigenvalue weighted by molar-refractivity contribution is 5.78. The zero-order valence-electron chi connectivity index (χ0n) is 11.2. The Balaban J connectivity index is 1.85. The van der Waals surface area contributed by atoms with Crippen molar-refractivity contribution in [3.63, 3.8) is 0 Å². The van der Waals surface area contributed by atoms with Crippen LogP contribution in [0.25, 0.3) is 0 Å². The highest BCUT2D eigenvalue weighted by Crippen LogP contribution is 2.26. The molecule has 2 atom stereocenters. The Labute approximate surface area is 104 Å². The Hall–Kier alpha value is -0.610. The van der Waals surface area contributed by atoms with Crippen LogP contribution in [0.3, 0.4) is 0 Å². The molecule has 2 heterocycles. The average Bonchev–Trinajstić information content (AvgIpc) is 2.64. The van der Waals surface area contributed by atoms with Crippen molar-refractivity contribution in [1.82, 2.24) is 10.2 Å². The summed E-state index contributed by atoms with van der Waals surface area (Å²) in [7, 11) is 0. The van der Waals surface area contributed by atoms with Crippen LogP contribution < -0.4 is 5.32 Å². The van der Waals surface area contributed by atoms with Crippen molar-refractivity contribution in [3.05, 3.63) is 0 Å². The Kier molecular flexibility index (Phi) is 3.73. The highest BCUT2D eigenvalue weighted by atomic mass is 16.5. The maximum atomic E-state index is 12.2. The van der Waals surface area contributed by atoms with E-state index in [1.54, 1.807) is 0 Å². The minimum Gasteiger partial charge on any atom is -0.363 e. The molecule has 0 bridgehead atoms. The van der Waals surface area contributed by atoms with Gasteiger partial charge in [-0.3, -0.25) is 4.79 Å². The SMILES string of the molecule is CCC1CCC(C)N1C(=O)COC1(C)CNC1. The number of ether oxygens (including phenoxy) is 1. The van der Waals surface area contributed by atoms with Gasteiger partial charge in [0, 0.05) is 25.2 Å². The summed E-state index contributed by atoms with van der Waals surface area (Å²) in [6, 6.07) is 0.803. The lowest BCUT2D eigenvalue weighted by atomic mass is 10.0. The summed E-state index contributed by atoms with van der Waals surface area (Å²) >= 11 is 0. The van der Waals surface area contributed by atoms with Crippen LogP contribution in [0.1, 0.15) is 40.0 Å². The van der Waals surface area contributed by atoms with Gasteiger partial charge in [-0.05, 0) is 33.1 Å². The summed E-state index contributed by atoms with van der Waals surface area (Å²) < 4.78 is 5.73. The fraction of sp³-hybridized carbons (Fsp3) is 0.923. The molecular formula is C13H24N2O2. The third-order valence-electron chi connectivity index (χ3n) is 4.09. The van der Waals surface area contributed by atoms with E-state index in [1.807, 2.05) is 4.90 Å². The average molecular weight is 240 g/mol. The van der Waals surface area contributed by atoms with Crippen molar-refractivity contribution < 1.29 is 9.53 Å². The zero-order chi connectivity index (χ0) is 12.5. The Morgan fingerprint density at radius 3 is 2.71 bits per heavy atom. The number of hydrogen-bond acceptors (Lipinski definition) is 3. The van der Waals surface area contributed by atoms with Crippen LogP contribution in [-0.4, -0.2) is 48.2 Å². The number of amides is 1. The summed E-state index contributed by atoms with van der Waals surface area (Å²) in [5.74, 6) is 0.162. The van der Waals surface area contributed by atoms with E-state index in [4.69, 9.17) is 4.74 Å². The maximum Gasteiger partial charge on any atom is 0.249 e. The molecule has 0 spiro atoms. The van der Waals surface area contributed by atoms with Gasteiger partial charge in [-0.2, -0.15) is 0 Å². The van der Waals surface area contributed by atoms with Crippen LogP contribution in [0.4, 0.5) is 0 Å². The van der Waals surface area contributed by atoms with Crippen molar-refractivity contribution in [2.75, 3.05) is 19.7 Å². The molecule has 0 aliphatic carbocycles. The first-order chi connectivity index (χ1) is 8.06. The van der Waals surface area contributed by atoms with E-state index in [1.165, 1.54) is 0 Å². The number of nitrogens with zero attached hydrogens (tertiary/aromatic N) is 1. The van der Waals surface area contributed by atoms with Crippen LogP contribution in [0.15, 0.2) is 0 Å². The molecule has 2 fully saturated rings. The van der Waals surface area contributed by atoms with E-state index in [0.29, 0.717) is 12.1 Å². The van der Waals surface area contributed by atoms with Gasteiger partial charge in [0.25, 0.3) is 0 Å². The van der Waals surface area contributed by atoms with E-state index in [0.717, 1.165) is 32.4 Å². The smallest absolute Gasteiger partial charge is 0.249 e. The molecule has 0 saturated carbocycles. The van der Waals surface area contributed by atoms with Gasteiger partial charge in [-0.15, -0.1) is 0 Å². The second-order valence-corrected chi connectivity index (χ2v) is 5.63. The van der Waals surface area contributed by atoms with Gasteiger partial charge in [0.2, 0.25) is 5.91 Å². The molecule has 2 aliphatic rings. The van der Waals surface area contributed by atoms with Crippen molar-refractivity contribution in [3.8, 4) is 0 Å². The van der Waals surface area contributed by atoms with Crippen molar-refractivity contribution >= 4 is 5.91 Å². The van der Waals surface area contributed by atoms with Crippen LogP contribution in [0.5, 0.6) is 0 Å². The first-order valence-corrected chi connectivity index (χ1v) is 6.71. The lowest BCUT2D eigenvalue weighted by molar-refractivity contribution is -0.148. The second kappa shape index (κ2) is 4.94. The molecule has 4 nitrogen and oxygen atoms in total. The van der Waals surface area contributed by atoms with Gasteiger partial charge in [-0.25, -0.2) is 0 Å². The first kappa shape index (κ1) is 12.8. The number of nitrogens with one attached hydrogen (secondary N) is 1. The van der Waals surface area contributed by atoms with E-state index < -0.39 is 0 Å². The Morgan fingerprint density at radius 2 is 2.18 bits per heavy atom. The lowest BCUT2D eigenvalue weighted by Gasteiger charge is -2.39. The fourth-order valence-electron chi connectivity index (χ4n) is 2.81. The van der Waals surface area contributed by atoms with Gasteiger partial charge in [0.15, 0.2) is 0 Å². The molecule has 17 heavy (non-hydrogen) atoms. The van der Waals surface area contributed by atoms with Crippen molar-refractivity contribution in [1.29, 1.82) is 0 Å². The number of likely N-dealkylation sites (tertiary alicyclic amines) is 1. The second-order valence-electron chi connectivity index (χ2n) is 5.63. The molecule has 2 unspecified atom stereocenters. The van der Waals surface area contributed by atoms with Gasteiger partial charge < -0.3 is 15.0 Å². The summed E-state index contributed by atoms with van der Waals surface area (Å²) in [6.45, 7) is 8.29. The van der Waals surface area contributed by atoms with Crippen LogP contribution in [-0.2, 0) is 9.53 Å². The molecule has 1 N–H and O–H groups in total. The molecule has 4 heteroatoms. The quantitative estimate of drug-likeness (QED) is 0.801. The predicted molar refractivity (Wildman–Crippen MR) is 66.8 cm³/mol. The highest BCUT2D eigenvalue weighted by Gasteiger charge is 2.36. The van der Waals surface area contributed by atoms with Gasteiger partial charge in [-0.1, -0.05) is 6.92 Å². The van der Waals surface area contributed by atoms with Crippen molar-refractivity contribution in [2.45, 2.75) is 57.7 Å². The first-order valence-electron chi connectivity index (χ1n) is 6.71. The van der Waals surface area contributed by atoms with Crippen molar-refractivity contribution in [2.24, 2.45) is 0 Å². The van der Waals surface area contributed by atoms with Gasteiger partial charge >= 0.3 is 0 Å². The molecule has 2 aliphatic heterocycles. The zero-order valence-corrected chi connectivity index (χ0v) is 11.2. The lowest BCUT2D eigenvalue weighted by Crippen LogP contribution is -2.60. The summed E-state index contributed by atoms with van der Waals surface area (Å²) in [5.41, 5.74) is -0.125. The molecule has 0 radical (unpaired) electrons. The van der Waals surface area contributed by atoms with E-state index in [9.17, 15) is 4.79 Å². The normalized spacial score (nSPS) is 31.4. The largest absolute Gasteiger partial charge is 0.363 e. The van der Waals surface area contributed by atoms with Gasteiger partial charge in [0.1, 0.15) is 6.61 Å². The number of carbonyl (C=O) groups is 1. The number of hydrogen-bond donors (Lipinski definition) is 1.